The van der Waals surface area contributed by atoms with Gasteiger partial charge >= 0.3 is 5.97 Å². The van der Waals surface area contributed by atoms with Gasteiger partial charge in [0.15, 0.2) is 0 Å². The van der Waals surface area contributed by atoms with Gasteiger partial charge in [-0.1, -0.05) is 17.7 Å². The summed E-state index contributed by atoms with van der Waals surface area (Å²) in [5.74, 6) is -0.757. The van der Waals surface area contributed by atoms with Crippen LogP contribution in [0.15, 0.2) is 36.7 Å². The maximum atomic E-state index is 11.6. The van der Waals surface area contributed by atoms with Crippen LogP contribution in [0.25, 0.3) is 5.69 Å². The average molecular weight is 350 g/mol. The summed E-state index contributed by atoms with van der Waals surface area (Å²) in [6, 6.07) is 7.46. The minimum atomic E-state index is -0.757. The highest BCUT2D eigenvalue weighted by molar-refractivity contribution is 6.30. The van der Waals surface area contributed by atoms with Gasteiger partial charge in [0.2, 0.25) is 0 Å². The Hall–Kier alpha value is -1.89. The fraction of sp³-hybridized carbons (Fsp3) is 0.412. The first-order valence-corrected chi connectivity index (χ1v) is 8.28. The van der Waals surface area contributed by atoms with E-state index in [1.54, 1.807) is 10.9 Å². The SMILES string of the molecule is O=C(O)C1(CNCc2cnn(-c3cccc(Cl)c3)c2)CCOCC1. The zero-order chi connectivity index (χ0) is 17.0. The van der Waals surface area contributed by atoms with Crippen LogP contribution in [-0.2, 0) is 16.1 Å². The van der Waals surface area contributed by atoms with E-state index in [1.165, 1.54) is 0 Å². The van der Waals surface area contributed by atoms with Crippen molar-refractivity contribution in [3.05, 3.63) is 47.2 Å². The molecule has 2 N–H and O–H groups in total. The molecule has 0 aliphatic carbocycles. The van der Waals surface area contributed by atoms with Crippen molar-refractivity contribution in [1.29, 1.82) is 0 Å². The standard InChI is InChI=1S/C17H20ClN3O3/c18-14-2-1-3-15(8-14)21-11-13(10-20-21)9-19-12-17(16(22)23)4-6-24-7-5-17/h1-3,8,10-11,19H,4-7,9,12H2,(H,22,23). The summed E-state index contributed by atoms with van der Waals surface area (Å²) < 4.78 is 7.04. The summed E-state index contributed by atoms with van der Waals surface area (Å²) in [5, 5.41) is 17.8. The monoisotopic (exact) mass is 349 g/mol. The highest BCUT2D eigenvalue weighted by Crippen LogP contribution is 2.30. The Morgan fingerprint density at radius 3 is 2.92 bits per heavy atom. The fourth-order valence-electron chi connectivity index (χ4n) is 2.89. The van der Waals surface area contributed by atoms with E-state index in [4.69, 9.17) is 16.3 Å². The molecule has 7 heteroatoms. The minimum absolute atomic E-state index is 0.425. The van der Waals surface area contributed by atoms with Crippen LogP contribution in [-0.4, -0.2) is 40.6 Å². The van der Waals surface area contributed by atoms with Gasteiger partial charge in [-0.3, -0.25) is 4.79 Å². The van der Waals surface area contributed by atoms with Crippen LogP contribution in [0.2, 0.25) is 5.02 Å². The molecule has 0 amide bonds. The first-order chi connectivity index (χ1) is 11.6. The Labute approximate surface area is 145 Å². The smallest absolute Gasteiger partial charge is 0.311 e. The number of aliphatic carboxylic acids is 1. The van der Waals surface area contributed by atoms with Crippen molar-refractivity contribution in [2.45, 2.75) is 19.4 Å². The van der Waals surface area contributed by atoms with Gasteiger partial charge < -0.3 is 15.2 Å². The molecule has 24 heavy (non-hydrogen) atoms. The lowest BCUT2D eigenvalue weighted by molar-refractivity contribution is -0.154. The van der Waals surface area contributed by atoms with E-state index in [2.05, 4.69) is 10.4 Å². The van der Waals surface area contributed by atoms with E-state index in [0.717, 1.165) is 11.3 Å². The van der Waals surface area contributed by atoms with Gasteiger partial charge in [-0.15, -0.1) is 0 Å². The van der Waals surface area contributed by atoms with Crippen LogP contribution >= 0.6 is 11.6 Å². The molecular formula is C17H20ClN3O3. The van der Waals surface area contributed by atoms with Crippen LogP contribution in [0.4, 0.5) is 0 Å². The molecule has 2 aromatic rings. The second-order valence-corrected chi connectivity index (χ2v) is 6.51. The maximum Gasteiger partial charge on any atom is 0.311 e. The first kappa shape index (κ1) is 17.0. The van der Waals surface area contributed by atoms with Gasteiger partial charge in [0.1, 0.15) is 0 Å². The van der Waals surface area contributed by atoms with Gasteiger partial charge in [-0.2, -0.15) is 5.10 Å². The molecule has 1 saturated heterocycles. The van der Waals surface area contributed by atoms with E-state index in [0.29, 0.717) is 44.2 Å². The van der Waals surface area contributed by atoms with Crippen LogP contribution in [0, 0.1) is 5.41 Å². The van der Waals surface area contributed by atoms with Crippen molar-refractivity contribution in [3.63, 3.8) is 0 Å². The average Bonchev–Trinajstić information content (AvgIpc) is 3.04. The molecule has 6 nitrogen and oxygen atoms in total. The minimum Gasteiger partial charge on any atom is -0.481 e. The zero-order valence-corrected chi connectivity index (χ0v) is 14.0. The highest BCUT2D eigenvalue weighted by atomic mass is 35.5. The number of nitrogens with zero attached hydrogens (tertiary/aromatic N) is 2. The van der Waals surface area contributed by atoms with Gasteiger partial charge in [0.25, 0.3) is 0 Å². The Kier molecular flexibility index (Phi) is 5.18. The number of halogens is 1. The molecular weight excluding hydrogens is 330 g/mol. The van der Waals surface area contributed by atoms with Crippen molar-refractivity contribution in [3.8, 4) is 5.69 Å². The number of carbonyl (C=O) groups is 1. The second kappa shape index (κ2) is 7.34. The number of benzene rings is 1. The third-order valence-corrected chi connectivity index (χ3v) is 4.64. The molecule has 0 atom stereocenters. The van der Waals surface area contributed by atoms with E-state index in [-0.39, 0.29) is 0 Å². The van der Waals surface area contributed by atoms with Crippen molar-refractivity contribution in [1.82, 2.24) is 15.1 Å². The molecule has 0 saturated carbocycles. The largest absolute Gasteiger partial charge is 0.481 e. The molecule has 2 heterocycles. The zero-order valence-electron chi connectivity index (χ0n) is 13.2. The Morgan fingerprint density at radius 2 is 2.21 bits per heavy atom. The number of aromatic nitrogens is 2. The number of ether oxygens (including phenoxy) is 1. The van der Waals surface area contributed by atoms with Gasteiger partial charge in [0.05, 0.1) is 17.3 Å². The van der Waals surface area contributed by atoms with Gasteiger partial charge in [-0.25, -0.2) is 4.68 Å². The lowest BCUT2D eigenvalue weighted by Gasteiger charge is -2.33. The molecule has 1 aliphatic rings. The van der Waals surface area contributed by atoms with Crippen molar-refractivity contribution >= 4 is 17.6 Å². The van der Waals surface area contributed by atoms with Crippen LogP contribution in [0.1, 0.15) is 18.4 Å². The summed E-state index contributed by atoms with van der Waals surface area (Å²) >= 11 is 6.00. The third-order valence-electron chi connectivity index (χ3n) is 4.40. The number of nitrogens with one attached hydrogen (secondary N) is 1. The normalized spacial score (nSPS) is 16.9. The predicted octanol–water partition coefficient (Wildman–Crippen LogP) is 2.50. The number of hydrogen-bond acceptors (Lipinski definition) is 4. The number of carboxylic acids is 1. The first-order valence-electron chi connectivity index (χ1n) is 7.90. The molecule has 0 radical (unpaired) electrons. The molecule has 1 aromatic carbocycles. The molecule has 0 unspecified atom stereocenters. The van der Waals surface area contributed by atoms with Crippen LogP contribution < -0.4 is 5.32 Å². The summed E-state index contributed by atoms with van der Waals surface area (Å²) in [7, 11) is 0. The highest BCUT2D eigenvalue weighted by Gasteiger charge is 2.39. The Bertz CT molecular complexity index is 711. The van der Waals surface area contributed by atoms with Crippen LogP contribution in [0.5, 0.6) is 0 Å². The lowest BCUT2D eigenvalue weighted by Crippen LogP contribution is -2.44. The molecule has 1 aliphatic heterocycles. The summed E-state index contributed by atoms with van der Waals surface area (Å²) in [6.07, 6.45) is 4.76. The third kappa shape index (κ3) is 3.77. The number of hydrogen-bond donors (Lipinski definition) is 2. The van der Waals surface area contributed by atoms with E-state index >= 15 is 0 Å². The number of rotatable bonds is 6. The molecule has 1 aromatic heterocycles. The lowest BCUT2D eigenvalue weighted by atomic mass is 9.80. The quantitative estimate of drug-likeness (QED) is 0.838. The van der Waals surface area contributed by atoms with Crippen molar-refractivity contribution in [2.24, 2.45) is 5.41 Å². The predicted molar refractivity (Wildman–Crippen MR) is 90.4 cm³/mol. The summed E-state index contributed by atoms with van der Waals surface area (Å²) in [4.78, 5) is 11.6. The molecule has 128 valence electrons. The fourth-order valence-corrected chi connectivity index (χ4v) is 3.07. The van der Waals surface area contributed by atoms with Crippen molar-refractivity contribution in [2.75, 3.05) is 19.8 Å². The van der Waals surface area contributed by atoms with E-state index in [1.807, 2.05) is 30.5 Å². The molecule has 3 rings (SSSR count). The molecule has 1 fully saturated rings. The second-order valence-electron chi connectivity index (χ2n) is 6.07. The summed E-state index contributed by atoms with van der Waals surface area (Å²) in [6.45, 7) is 1.99. The Balaban J connectivity index is 1.60. The number of carboxylic acid groups (broad SMARTS) is 1. The maximum absolute atomic E-state index is 11.6. The van der Waals surface area contributed by atoms with Gasteiger partial charge in [-0.05, 0) is 31.0 Å². The van der Waals surface area contributed by atoms with E-state index < -0.39 is 11.4 Å². The van der Waals surface area contributed by atoms with E-state index in [9.17, 15) is 9.90 Å². The van der Waals surface area contributed by atoms with Crippen LogP contribution in [0.3, 0.4) is 0 Å². The van der Waals surface area contributed by atoms with Gasteiger partial charge in [0, 0.05) is 43.1 Å². The summed E-state index contributed by atoms with van der Waals surface area (Å²) in [5.41, 5.74) is 1.14. The molecule has 0 spiro atoms. The molecule has 0 bridgehead atoms. The topological polar surface area (TPSA) is 76.4 Å². The van der Waals surface area contributed by atoms with Crippen molar-refractivity contribution < 1.29 is 14.6 Å². The Morgan fingerprint density at radius 1 is 1.42 bits per heavy atom.